The van der Waals surface area contributed by atoms with Gasteiger partial charge in [-0.2, -0.15) is 0 Å². The molecule has 0 aromatic heterocycles. The Kier molecular flexibility index (Phi) is 7.70. The molecule has 1 aliphatic heterocycles. The van der Waals surface area contributed by atoms with E-state index < -0.39 is 6.04 Å². The Morgan fingerprint density at radius 2 is 1.66 bits per heavy atom. The second-order valence-electron chi connectivity index (χ2n) is 9.74. The lowest BCUT2D eigenvalue weighted by atomic mass is 9.91. The predicted octanol–water partition coefficient (Wildman–Crippen LogP) is 5.72. The molecule has 0 spiro atoms. The van der Waals surface area contributed by atoms with Gasteiger partial charge < -0.3 is 16.4 Å². The number of carbonyl (C=O) groups is 3. The minimum absolute atomic E-state index is 0.0320. The molecule has 3 aromatic rings. The number of amides is 3. The van der Waals surface area contributed by atoms with Gasteiger partial charge in [0.1, 0.15) is 0 Å². The molecule has 2 aliphatic rings. The Hall–Kier alpha value is -3.39. The largest absolute Gasteiger partial charge is 0.348 e. The van der Waals surface area contributed by atoms with Gasteiger partial charge in [0.2, 0.25) is 5.91 Å². The molecule has 4 N–H and O–H groups in total. The quantitative estimate of drug-likeness (QED) is 0.386. The summed E-state index contributed by atoms with van der Waals surface area (Å²) in [5, 5.41) is 6.53. The summed E-state index contributed by atoms with van der Waals surface area (Å²) >= 11 is 12.3. The van der Waals surface area contributed by atoms with Crippen LogP contribution < -0.4 is 21.3 Å². The Morgan fingerprint density at radius 1 is 0.921 bits per heavy atom. The van der Waals surface area contributed by atoms with Gasteiger partial charge in [0.25, 0.3) is 11.8 Å². The second kappa shape index (κ2) is 11.2. The van der Waals surface area contributed by atoms with Crippen LogP contribution in [-0.4, -0.2) is 29.8 Å². The monoisotopic (exact) mass is 550 g/mol. The summed E-state index contributed by atoms with van der Waals surface area (Å²) in [6, 6.07) is 18.3. The Labute approximate surface area is 231 Å². The highest BCUT2D eigenvalue weighted by Crippen LogP contribution is 2.40. The molecule has 3 atom stereocenters. The Bertz CT molecular complexity index is 1380. The van der Waals surface area contributed by atoms with Gasteiger partial charge in [-0.1, -0.05) is 66.4 Å². The van der Waals surface area contributed by atoms with Crippen LogP contribution in [0.1, 0.15) is 64.4 Å². The highest BCUT2D eigenvalue weighted by atomic mass is 35.5. The number of nitrogens with two attached hydrogens (primary N) is 1. The van der Waals surface area contributed by atoms with Crippen molar-refractivity contribution in [3.8, 4) is 0 Å². The van der Waals surface area contributed by atoms with Crippen LogP contribution in [0.25, 0.3) is 0 Å². The van der Waals surface area contributed by atoms with Crippen LogP contribution in [0.3, 0.4) is 0 Å². The zero-order valence-corrected chi connectivity index (χ0v) is 22.1. The van der Waals surface area contributed by atoms with Crippen molar-refractivity contribution in [1.82, 2.24) is 5.32 Å². The van der Waals surface area contributed by atoms with E-state index in [4.69, 9.17) is 28.9 Å². The number of anilines is 2. The maximum absolute atomic E-state index is 14.0. The van der Waals surface area contributed by atoms with Crippen LogP contribution in [-0.2, 0) is 4.79 Å². The summed E-state index contributed by atoms with van der Waals surface area (Å²) in [6.45, 7) is 0. The molecule has 38 heavy (non-hydrogen) atoms. The summed E-state index contributed by atoms with van der Waals surface area (Å²) in [5.74, 6) is -0.882. The number of fused-ring (bicyclic) bond motifs is 1. The van der Waals surface area contributed by atoms with E-state index in [2.05, 4.69) is 10.6 Å². The van der Waals surface area contributed by atoms with Crippen molar-refractivity contribution < 1.29 is 14.4 Å². The normalized spacial score (nSPS) is 21.2. The van der Waals surface area contributed by atoms with E-state index in [1.54, 1.807) is 35.2 Å². The van der Waals surface area contributed by atoms with Gasteiger partial charge >= 0.3 is 0 Å². The minimum atomic E-state index is -0.584. The Morgan fingerprint density at radius 3 is 2.39 bits per heavy atom. The van der Waals surface area contributed by atoms with Gasteiger partial charge in [-0.05, 0) is 54.8 Å². The smallest absolute Gasteiger partial charge is 0.258 e. The van der Waals surface area contributed by atoms with Crippen molar-refractivity contribution in [2.45, 2.75) is 50.2 Å². The molecule has 9 heteroatoms. The van der Waals surface area contributed by atoms with Gasteiger partial charge in [-0.25, -0.2) is 0 Å². The molecule has 0 saturated heterocycles. The number of hydrogen-bond acceptors (Lipinski definition) is 4. The van der Waals surface area contributed by atoms with Crippen molar-refractivity contribution in [1.29, 1.82) is 0 Å². The number of hydrogen-bond donors (Lipinski definition) is 3. The molecule has 3 aromatic carbocycles. The molecule has 7 nitrogen and oxygen atoms in total. The summed E-state index contributed by atoms with van der Waals surface area (Å²) in [6.07, 6.45) is 3.82. The lowest BCUT2D eigenvalue weighted by molar-refractivity contribution is -0.116. The second-order valence-corrected chi connectivity index (χ2v) is 10.6. The first kappa shape index (κ1) is 26.2. The van der Waals surface area contributed by atoms with Crippen LogP contribution in [0.2, 0.25) is 10.0 Å². The predicted molar refractivity (Wildman–Crippen MR) is 150 cm³/mol. The topological polar surface area (TPSA) is 105 Å². The van der Waals surface area contributed by atoms with Crippen LogP contribution >= 0.6 is 23.2 Å². The number of rotatable bonds is 4. The van der Waals surface area contributed by atoms with Crippen molar-refractivity contribution in [2.24, 2.45) is 5.73 Å². The van der Waals surface area contributed by atoms with Crippen LogP contribution in [0.5, 0.6) is 0 Å². The van der Waals surface area contributed by atoms with Crippen LogP contribution in [0.4, 0.5) is 11.4 Å². The number of nitrogens with zero attached hydrogens (tertiary/aromatic N) is 1. The van der Waals surface area contributed by atoms with E-state index in [-0.39, 0.29) is 41.2 Å². The molecular weight excluding hydrogens is 523 g/mol. The number of nitrogens with one attached hydrogen (secondary N) is 2. The minimum Gasteiger partial charge on any atom is -0.348 e. The van der Waals surface area contributed by atoms with E-state index >= 15 is 0 Å². The molecule has 3 amide bonds. The van der Waals surface area contributed by atoms with E-state index in [1.807, 2.05) is 30.3 Å². The van der Waals surface area contributed by atoms with Crippen molar-refractivity contribution in [3.63, 3.8) is 0 Å². The van der Waals surface area contributed by atoms with Crippen molar-refractivity contribution >= 4 is 52.3 Å². The van der Waals surface area contributed by atoms with Gasteiger partial charge in [0.05, 0.1) is 33.9 Å². The standard InChI is InChI=1S/C29H28Cl2N4O3/c30-20-12-10-19(14-21(20)31)29(38)35-25-13-11-18(28(37)34-23-9-5-4-8-22(23)32)15-24(25)33-27(36)16-26(35)17-6-2-1-3-7-17/h1-3,6-7,10-15,22-23,26H,4-5,8-9,16,32H2,(H,33,36)(H,34,37). The summed E-state index contributed by atoms with van der Waals surface area (Å²) in [5.41, 5.74) is 8.58. The van der Waals surface area contributed by atoms with E-state index in [0.717, 1.165) is 31.2 Å². The average molecular weight is 551 g/mol. The maximum Gasteiger partial charge on any atom is 0.258 e. The first-order valence-electron chi connectivity index (χ1n) is 12.7. The van der Waals surface area contributed by atoms with Crippen molar-refractivity contribution in [3.05, 3.63) is 93.5 Å². The maximum atomic E-state index is 14.0. The third-order valence-electron chi connectivity index (χ3n) is 7.19. The van der Waals surface area contributed by atoms with Crippen LogP contribution in [0.15, 0.2) is 66.7 Å². The summed E-state index contributed by atoms with van der Waals surface area (Å²) in [7, 11) is 0. The molecule has 3 unspecified atom stereocenters. The molecule has 1 heterocycles. The molecule has 196 valence electrons. The molecule has 1 fully saturated rings. The molecule has 0 bridgehead atoms. The SMILES string of the molecule is NC1CCCCC1NC(=O)c1ccc2c(c1)NC(=O)CC(c1ccccc1)N2C(=O)c1ccc(Cl)c(Cl)c1. The third kappa shape index (κ3) is 5.41. The molecular formula is C29H28Cl2N4O3. The zero-order chi connectivity index (χ0) is 26.8. The molecule has 1 aliphatic carbocycles. The Balaban J connectivity index is 1.55. The lowest BCUT2D eigenvalue weighted by Gasteiger charge is -2.31. The average Bonchev–Trinajstić information content (AvgIpc) is 3.06. The molecule has 1 saturated carbocycles. The molecule has 0 radical (unpaired) electrons. The van der Waals surface area contributed by atoms with E-state index in [0.29, 0.717) is 27.5 Å². The van der Waals surface area contributed by atoms with Gasteiger partial charge in [0.15, 0.2) is 0 Å². The fourth-order valence-corrected chi connectivity index (χ4v) is 5.47. The fraction of sp³-hybridized carbons (Fsp3) is 0.276. The van der Waals surface area contributed by atoms with E-state index in [1.165, 1.54) is 6.07 Å². The van der Waals surface area contributed by atoms with Gasteiger partial charge in [-0.15, -0.1) is 0 Å². The fourth-order valence-electron chi connectivity index (χ4n) is 5.18. The van der Waals surface area contributed by atoms with E-state index in [9.17, 15) is 14.4 Å². The number of benzene rings is 3. The number of carbonyl (C=O) groups excluding carboxylic acids is 3. The number of halogens is 2. The van der Waals surface area contributed by atoms with Gasteiger partial charge in [-0.3, -0.25) is 19.3 Å². The highest BCUT2D eigenvalue weighted by Gasteiger charge is 2.35. The lowest BCUT2D eigenvalue weighted by Crippen LogP contribution is -2.49. The van der Waals surface area contributed by atoms with Gasteiger partial charge in [0, 0.05) is 23.2 Å². The third-order valence-corrected chi connectivity index (χ3v) is 7.93. The van der Waals surface area contributed by atoms with Crippen molar-refractivity contribution in [2.75, 3.05) is 10.2 Å². The molecule has 5 rings (SSSR count). The zero-order valence-electron chi connectivity index (χ0n) is 20.6. The van der Waals surface area contributed by atoms with Crippen LogP contribution in [0, 0.1) is 0 Å². The first-order valence-corrected chi connectivity index (χ1v) is 13.4. The highest BCUT2D eigenvalue weighted by molar-refractivity contribution is 6.42. The first-order chi connectivity index (χ1) is 18.3. The summed E-state index contributed by atoms with van der Waals surface area (Å²) < 4.78 is 0. The summed E-state index contributed by atoms with van der Waals surface area (Å²) in [4.78, 5) is 41.7.